The van der Waals surface area contributed by atoms with Crippen molar-refractivity contribution in [3.05, 3.63) is 65.0 Å². The zero-order valence-electron chi connectivity index (χ0n) is 18.5. The van der Waals surface area contributed by atoms with Gasteiger partial charge in [-0.3, -0.25) is 10.1 Å². The average Bonchev–Trinajstić information content (AvgIpc) is 3.29. The quantitative estimate of drug-likeness (QED) is 0.422. The second-order valence-electron chi connectivity index (χ2n) is 7.03. The number of rotatable bonds is 11. The molecule has 1 amide bonds. The van der Waals surface area contributed by atoms with Crippen LogP contribution in [0.4, 0.5) is 13.9 Å². The Morgan fingerprint density at radius 3 is 2.26 bits per heavy atom. The molecule has 0 aliphatic carbocycles. The summed E-state index contributed by atoms with van der Waals surface area (Å²) in [6.45, 7) is 0.775. The van der Waals surface area contributed by atoms with Gasteiger partial charge in [0.05, 0.1) is 23.8 Å². The summed E-state index contributed by atoms with van der Waals surface area (Å²) in [4.78, 5) is 16.8. The molecular weight excluding hydrogens is 488 g/mol. The number of carbonyl (C=O) groups excluding carboxylic acids is 1. The van der Waals surface area contributed by atoms with Crippen molar-refractivity contribution >= 4 is 32.4 Å². The maximum Gasteiger partial charge on any atom is 0.257 e. The van der Waals surface area contributed by atoms with E-state index in [0.717, 1.165) is 23.5 Å². The van der Waals surface area contributed by atoms with Gasteiger partial charge >= 0.3 is 0 Å². The number of benzene rings is 2. The second kappa shape index (κ2) is 11.6. The molecular formula is C22H23F2N3O5S2. The van der Waals surface area contributed by atoms with Gasteiger partial charge in [0.2, 0.25) is 10.0 Å². The van der Waals surface area contributed by atoms with E-state index >= 15 is 0 Å². The van der Waals surface area contributed by atoms with E-state index in [1.807, 2.05) is 0 Å². The highest BCUT2D eigenvalue weighted by molar-refractivity contribution is 7.89. The molecule has 0 aliphatic rings. The van der Waals surface area contributed by atoms with E-state index in [1.54, 1.807) is 5.38 Å². The molecule has 1 heterocycles. The number of ether oxygens (including phenoxy) is 2. The van der Waals surface area contributed by atoms with E-state index in [-0.39, 0.29) is 41.9 Å². The molecule has 1 aromatic heterocycles. The number of anilines is 1. The summed E-state index contributed by atoms with van der Waals surface area (Å²) in [6, 6.07) is 8.92. The fourth-order valence-electron chi connectivity index (χ4n) is 2.95. The molecule has 0 spiro atoms. The second-order valence-corrected chi connectivity index (χ2v) is 9.83. The topological polar surface area (TPSA) is 97.8 Å². The molecule has 3 rings (SSSR count). The van der Waals surface area contributed by atoms with Crippen molar-refractivity contribution in [2.45, 2.75) is 4.90 Å². The predicted octanol–water partition coefficient (Wildman–Crippen LogP) is 3.62. The smallest absolute Gasteiger partial charge is 0.257 e. The standard InChI is InChI=1S/C22H23F2N3O5S2/c1-31-11-9-27(10-12-32-2)34(29,30)17-6-3-15(4-7-17)21(28)26-22-25-20(14-33-22)16-5-8-18(23)19(24)13-16/h3-8,13-14H,9-12H2,1-2H3,(H,25,26,28). The van der Waals surface area contributed by atoms with Gasteiger partial charge in [-0.05, 0) is 42.5 Å². The summed E-state index contributed by atoms with van der Waals surface area (Å²) >= 11 is 1.12. The molecule has 8 nitrogen and oxygen atoms in total. The Morgan fingerprint density at radius 1 is 1.03 bits per heavy atom. The lowest BCUT2D eigenvalue weighted by atomic mass is 10.2. The maximum absolute atomic E-state index is 13.5. The van der Waals surface area contributed by atoms with Gasteiger partial charge in [-0.15, -0.1) is 11.3 Å². The molecule has 0 atom stereocenters. The molecule has 1 N–H and O–H groups in total. The lowest BCUT2D eigenvalue weighted by molar-refractivity contribution is 0.102. The molecule has 0 unspecified atom stereocenters. The van der Waals surface area contributed by atoms with Gasteiger partial charge in [0.1, 0.15) is 0 Å². The Morgan fingerprint density at radius 2 is 1.68 bits per heavy atom. The molecule has 2 aromatic carbocycles. The third-order valence-corrected chi connectivity index (χ3v) is 7.45. The van der Waals surface area contributed by atoms with Crippen LogP contribution in [0.5, 0.6) is 0 Å². The van der Waals surface area contributed by atoms with Gasteiger partial charge in [0, 0.05) is 43.8 Å². The van der Waals surface area contributed by atoms with Crippen molar-refractivity contribution in [3.8, 4) is 11.3 Å². The predicted molar refractivity (Wildman–Crippen MR) is 124 cm³/mol. The Balaban J connectivity index is 1.71. The number of nitrogens with zero attached hydrogens (tertiary/aromatic N) is 2. The van der Waals surface area contributed by atoms with Gasteiger partial charge in [-0.2, -0.15) is 4.31 Å². The largest absolute Gasteiger partial charge is 0.383 e. The molecule has 0 aliphatic heterocycles. The summed E-state index contributed by atoms with van der Waals surface area (Å²) < 4.78 is 63.7. The van der Waals surface area contributed by atoms with Crippen LogP contribution in [0.25, 0.3) is 11.3 Å². The molecule has 182 valence electrons. The van der Waals surface area contributed by atoms with E-state index in [4.69, 9.17) is 9.47 Å². The van der Waals surface area contributed by atoms with Crippen molar-refractivity contribution in [2.75, 3.05) is 45.8 Å². The first-order valence-corrected chi connectivity index (χ1v) is 12.4. The summed E-state index contributed by atoms with van der Waals surface area (Å²) in [7, 11) is -0.839. The van der Waals surface area contributed by atoms with Crippen molar-refractivity contribution < 1.29 is 31.5 Å². The zero-order valence-corrected chi connectivity index (χ0v) is 20.1. The minimum absolute atomic E-state index is 0.0335. The third kappa shape index (κ3) is 6.21. The zero-order chi connectivity index (χ0) is 24.7. The van der Waals surface area contributed by atoms with Gasteiger partial charge in [0.15, 0.2) is 16.8 Å². The number of hydrogen-bond acceptors (Lipinski definition) is 7. The Kier molecular flexibility index (Phi) is 8.80. The first-order valence-electron chi connectivity index (χ1n) is 10.1. The molecule has 34 heavy (non-hydrogen) atoms. The number of carbonyl (C=O) groups is 1. The molecule has 0 fully saturated rings. The van der Waals surface area contributed by atoms with Gasteiger partial charge in [-0.1, -0.05) is 0 Å². The normalized spacial score (nSPS) is 11.7. The van der Waals surface area contributed by atoms with E-state index < -0.39 is 27.6 Å². The number of methoxy groups -OCH3 is 2. The maximum atomic E-state index is 13.5. The molecule has 0 radical (unpaired) electrons. The summed E-state index contributed by atoms with van der Waals surface area (Å²) in [6.07, 6.45) is 0. The lowest BCUT2D eigenvalue weighted by Crippen LogP contribution is -2.36. The summed E-state index contributed by atoms with van der Waals surface area (Å²) in [5.74, 6) is -2.45. The van der Waals surface area contributed by atoms with Crippen molar-refractivity contribution in [1.29, 1.82) is 0 Å². The van der Waals surface area contributed by atoms with E-state index in [1.165, 1.54) is 48.9 Å². The van der Waals surface area contributed by atoms with Crippen molar-refractivity contribution in [2.24, 2.45) is 0 Å². The monoisotopic (exact) mass is 511 g/mol. The first-order chi connectivity index (χ1) is 16.3. The summed E-state index contributed by atoms with van der Waals surface area (Å²) in [5, 5.41) is 4.48. The SMILES string of the molecule is COCCN(CCOC)S(=O)(=O)c1ccc(C(=O)Nc2nc(-c3ccc(F)c(F)c3)cs2)cc1. The van der Waals surface area contributed by atoms with Crippen LogP contribution in [0.15, 0.2) is 52.7 Å². The molecule has 3 aromatic rings. The van der Waals surface area contributed by atoms with Crippen LogP contribution in [0.3, 0.4) is 0 Å². The highest BCUT2D eigenvalue weighted by Gasteiger charge is 2.24. The first kappa shape index (κ1) is 25.8. The highest BCUT2D eigenvalue weighted by Crippen LogP contribution is 2.26. The van der Waals surface area contributed by atoms with E-state index in [2.05, 4.69) is 10.3 Å². The number of hydrogen-bond donors (Lipinski definition) is 1. The Bertz CT molecular complexity index is 1230. The third-order valence-electron chi connectivity index (χ3n) is 4.78. The number of sulfonamides is 1. The minimum Gasteiger partial charge on any atom is -0.383 e. The van der Waals surface area contributed by atoms with Gasteiger partial charge in [0.25, 0.3) is 5.91 Å². The van der Waals surface area contributed by atoms with E-state index in [9.17, 15) is 22.0 Å². The van der Waals surface area contributed by atoms with Crippen LogP contribution in [0.1, 0.15) is 10.4 Å². The molecule has 0 saturated heterocycles. The number of aromatic nitrogens is 1. The van der Waals surface area contributed by atoms with Crippen LogP contribution in [-0.2, 0) is 19.5 Å². The van der Waals surface area contributed by atoms with Crippen molar-refractivity contribution in [3.63, 3.8) is 0 Å². The fourth-order valence-corrected chi connectivity index (χ4v) is 5.08. The lowest BCUT2D eigenvalue weighted by Gasteiger charge is -2.21. The van der Waals surface area contributed by atoms with Crippen LogP contribution >= 0.6 is 11.3 Å². The number of thiazole rings is 1. The average molecular weight is 512 g/mol. The summed E-state index contributed by atoms with van der Waals surface area (Å²) in [5.41, 5.74) is 0.980. The number of halogens is 2. The van der Waals surface area contributed by atoms with Gasteiger partial charge in [-0.25, -0.2) is 22.2 Å². The molecule has 0 bridgehead atoms. The van der Waals surface area contributed by atoms with E-state index in [0.29, 0.717) is 11.3 Å². The Hall–Kier alpha value is -2.77. The Labute approximate surface area is 200 Å². The molecule has 12 heteroatoms. The highest BCUT2D eigenvalue weighted by atomic mass is 32.2. The number of amides is 1. The molecule has 0 saturated carbocycles. The minimum atomic E-state index is -3.81. The van der Waals surface area contributed by atoms with Crippen LogP contribution < -0.4 is 5.32 Å². The van der Waals surface area contributed by atoms with Crippen molar-refractivity contribution in [1.82, 2.24) is 9.29 Å². The van der Waals surface area contributed by atoms with Crippen LogP contribution in [0, 0.1) is 11.6 Å². The number of nitrogens with one attached hydrogen (secondary N) is 1. The van der Waals surface area contributed by atoms with Gasteiger partial charge < -0.3 is 9.47 Å². The van der Waals surface area contributed by atoms with Crippen LogP contribution in [0.2, 0.25) is 0 Å². The van der Waals surface area contributed by atoms with Crippen LogP contribution in [-0.4, -0.2) is 64.1 Å². The fraction of sp³-hybridized carbons (Fsp3) is 0.273.